The molecule has 4 aromatic rings. The van der Waals surface area contributed by atoms with E-state index in [4.69, 9.17) is 15.5 Å². The zero-order valence-electron chi connectivity index (χ0n) is 21.5. The number of esters is 1. The third-order valence-electron chi connectivity index (χ3n) is 6.64. The number of aromatic nitrogens is 1. The van der Waals surface area contributed by atoms with E-state index in [0.29, 0.717) is 27.4 Å². The minimum atomic E-state index is -4.58. The highest BCUT2D eigenvalue weighted by Gasteiger charge is 2.40. The molecule has 202 valence electrons. The highest BCUT2D eigenvalue weighted by molar-refractivity contribution is 7.19. The average molecular weight is 561 g/mol. The highest BCUT2D eigenvalue weighted by Crippen LogP contribution is 2.48. The summed E-state index contributed by atoms with van der Waals surface area (Å²) in [4.78, 5) is 19.8. The Morgan fingerprint density at radius 1 is 1.12 bits per heavy atom. The van der Waals surface area contributed by atoms with Gasteiger partial charge in [0.25, 0.3) is 0 Å². The number of fused-ring (bicyclic) bond motifs is 1. The summed E-state index contributed by atoms with van der Waals surface area (Å²) < 4.78 is 47.3. The Bertz CT molecular complexity index is 1680. The van der Waals surface area contributed by atoms with E-state index in [1.165, 1.54) is 28.4 Å². The van der Waals surface area contributed by atoms with Crippen molar-refractivity contribution in [2.45, 2.75) is 25.9 Å². The van der Waals surface area contributed by atoms with Crippen LogP contribution < -0.4 is 10.6 Å². The Kier molecular flexibility index (Phi) is 7.08. The van der Waals surface area contributed by atoms with Gasteiger partial charge in [0, 0.05) is 22.9 Å². The van der Waals surface area contributed by atoms with Crippen LogP contribution in [0.3, 0.4) is 0 Å². The number of rotatable bonds is 5. The minimum Gasteiger partial charge on any atom is -0.463 e. The maximum atomic E-state index is 13.7. The van der Waals surface area contributed by atoms with Crippen LogP contribution in [0.25, 0.3) is 15.8 Å². The Hall–Kier alpha value is -4.62. The number of nitriles is 1. The summed E-state index contributed by atoms with van der Waals surface area (Å²) in [6, 6.07) is 21.1. The number of anilines is 1. The van der Waals surface area contributed by atoms with Gasteiger partial charge in [-0.3, -0.25) is 0 Å². The minimum absolute atomic E-state index is 0.0922. The van der Waals surface area contributed by atoms with Crippen LogP contribution in [0.2, 0.25) is 0 Å². The summed E-state index contributed by atoms with van der Waals surface area (Å²) in [5, 5.41) is 9.84. The van der Waals surface area contributed by atoms with Gasteiger partial charge in [-0.05, 0) is 61.9 Å². The lowest BCUT2D eigenvalue weighted by atomic mass is 9.80. The van der Waals surface area contributed by atoms with Crippen LogP contribution in [0.5, 0.6) is 0 Å². The molecule has 10 heteroatoms. The Morgan fingerprint density at radius 3 is 2.50 bits per heavy atom. The topological polar surface area (TPSA) is 92.2 Å². The molecule has 1 atom stereocenters. The van der Waals surface area contributed by atoms with Gasteiger partial charge in [-0.15, -0.1) is 11.3 Å². The lowest BCUT2D eigenvalue weighted by molar-refractivity contribution is -0.139. The lowest BCUT2D eigenvalue weighted by Gasteiger charge is -2.37. The summed E-state index contributed by atoms with van der Waals surface area (Å²) in [6.45, 7) is 3.40. The molecule has 1 aliphatic rings. The largest absolute Gasteiger partial charge is 0.463 e. The van der Waals surface area contributed by atoms with E-state index in [-0.39, 0.29) is 23.7 Å². The van der Waals surface area contributed by atoms with Crippen molar-refractivity contribution in [1.82, 2.24) is 4.98 Å². The number of alkyl halides is 3. The van der Waals surface area contributed by atoms with Gasteiger partial charge in [0.1, 0.15) is 10.8 Å². The number of carbonyl (C=O) groups excluding carboxylic acids is 1. The molecule has 0 bridgehead atoms. The van der Waals surface area contributed by atoms with Crippen LogP contribution >= 0.6 is 11.3 Å². The molecule has 2 heterocycles. The molecule has 0 spiro atoms. The summed E-state index contributed by atoms with van der Waals surface area (Å²) >= 11 is 1.36. The van der Waals surface area contributed by atoms with Crippen LogP contribution in [0.1, 0.15) is 41.5 Å². The number of nitrogens with zero attached hydrogens (tertiary/aromatic N) is 3. The fourth-order valence-corrected chi connectivity index (χ4v) is 5.90. The molecule has 6 nitrogen and oxygen atoms in total. The molecule has 1 unspecified atom stereocenters. The molecular weight excluding hydrogens is 537 g/mol. The number of hydrogen-bond donors (Lipinski definition) is 1. The first-order valence-corrected chi connectivity index (χ1v) is 13.2. The molecular formula is C30H23F3N4O2S. The van der Waals surface area contributed by atoms with Crippen LogP contribution in [-0.4, -0.2) is 17.6 Å². The van der Waals surface area contributed by atoms with E-state index in [1.807, 2.05) is 24.3 Å². The molecule has 0 aliphatic carbocycles. The van der Waals surface area contributed by atoms with Gasteiger partial charge in [0.15, 0.2) is 0 Å². The van der Waals surface area contributed by atoms with Gasteiger partial charge < -0.3 is 15.4 Å². The standard InChI is InChI=1S/C30H23F3N4O2S/c1-3-39-29(38)24-17(2)37(21-8-6-7-20(15-21)30(31,32)33)27(35)26(25(24)19-13-11-18(16-34)12-14-19)28-36-22-9-4-5-10-23(22)40-28/h4-15,25H,3,35H2,1-2H3. The fraction of sp³-hybridized carbons (Fsp3) is 0.167. The molecule has 2 N–H and O–H groups in total. The maximum absolute atomic E-state index is 13.7. The number of thiazole rings is 1. The molecule has 0 amide bonds. The predicted octanol–water partition coefficient (Wildman–Crippen LogP) is 6.96. The summed E-state index contributed by atoms with van der Waals surface area (Å²) in [7, 11) is 0. The van der Waals surface area contributed by atoms with Crippen LogP contribution in [0.15, 0.2) is 89.9 Å². The number of carbonyl (C=O) groups is 1. The summed E-state index contributed by atoms with van der Waals surface area (Å²) in [6.07, 6.45) is -4.58. The Balaban J connectivity index is 1.82. The van der Waals surface area contributed by atoms with Crippen LogP contribution in [-0.2, 0) is 15.7 Å². The second-order valence-corrected chi connectivity index (χ2v) is 10.1. The Morgan fingerprint density at radius 2 is 1.85 bits per heavy atom. The monoisotopic (exact) mass is 560 g/mol. The molecule has 0 radical (unpaired) electrons. The zero-order valence-corrected chi connectivity index (χ0v) is 22.3. The predicted molar refractivity (Wildman–Crippen MR) is 148 cm³/mol. The average Bonchev–Trinajstić information content (AvgIpc) is 3.36. The van der Waals surface area contributed by atoms with E-state index < -0.39 is 23.6 Å². The number of ether oxygens (including phenoxy) is 1. The van der Waals surface area contributed by atoms with Gasteiger partial charge in [0.05, 0.1) is 39.6 Å². The van der Waals surface area contributed by atoms with E-state index >= 15 is 0 Å². The van der Waals surface area contributed by atoms with Crippen molar-refractivity contribution in [3.05, 3.63) is 112 Å². The van der Waals surface area contributed by atoms with Gasteiger partial charge in [-0.1, -0.05) is 30.3 Å². The normalized spacial score (nSPS) is 15.9. The highest BCUT2D eigenvalue weighted by atomic mass is 32.1. The first-order valence-electron chi connectivity index (χ1n) is 12.3. The van der Waals surface area contributed by atoms with Crippen molar-refractivity contribution in [1.29, 1.82) is 5.26 Å². The summed E-state index contributed by atoms with van der Waals surface area (Å²) in [5.41, 5.74) is 8.93. The van der Waals surface area contributed by atoms with E-state index in [0.717, 1.165) is 22.3 Å². The first kappa shape index (κ1) is 27.0. The van der Waals surface area contributed by atoms with Gasteiger partial charge >= 0.3 is 12.1 Å². The second-order valence-electron chi connectivity index (χ2n) is 9.06. The maximum Gasteiger partial charge on any atom is 0.416 e. The molecule has 0 saturated heterocycles. The third-order valence-corrected chi connectivity index (χ3v) is 7.71. The first-order chi connectivity index (χ1) is 19.1. The van der Waals surface area contributed by atoms with Crippen molar-refractivity contribution >= 4 is 38.8 Å². The van der Waals surface area contributed by atoms with Crippen molar-refractivity contribution in [3.8, 4) is 6.07 Å². The third kappa shape index (κ3) is 4.80. The zero-order chi connectivity index (χ0) is 28.6. The number of hydrogen-bond acceptors (Lipinski definition) is 7. The van der Waals surface area contributed by atoms with Crippen molar-refractivity contribution in [3.63, 3.8) is 0 Å². The smallest absolute Gasteiger partial charge is 0.416 e. The Labute approximate surface area is 232 Å². The van der Waals surface area contributed by atoms with E-state index in [9.17, 15) is 23.2 Å². The molecule has 3 aromatic carbocycles. The van der Waals surface area contributed by atoms with E-state index in [1.54, 1.807) is 38.1 Å². The SMILES string of the molecule is CCOC(=O)C1=C(C)N(c2cccc(C(F)(F)F)c2)C(N)=C(c2nc3ccccc3s2)C1c1ccc(C#N)cc1. The van der Waals surface area contributed by atoms with Crippen molar-refractivity contribution in [2.75, 3.05) is 11.5 Å². The van der Waals surface area contributed by atoms with E-state index in [2.05, 4.69) is 6.07 Å². The molecule has 1 aliphatic heterocycles. The molecule has 5 rings (SSSR count). The number of nitrogens with two attached hydrogens (primary N) is 1. The van der Waals surface area contributed by atoms with Gasteiger partial charge in [-0.2, -0.15) is 18.4 Å². The van der Waals surface area contributed by atoms with Crippen molar-refractivity contribution < 1.29 is 22.7 Å². The number of allylic oxidation sites excluding steroid dienone is 2. The quantitative estimate of drug-likeness (QED) is 0.266. The van der Waals surface area contributed by atoms with Gasteiger partial charge in [-0.25, -0.2) is 9.78 Å². The number of halogens is 3. The second kappa shape index (κ2) is 10.5. The number of benzene rings is 3. The fourth-order valence-electron chi connectivity index (χ4n) is 4.86. The van der Waals surface area contributed by atoms with Gasteiger partial charge in [0.2, 0.25) is 0 Å². The van der Waals surface area contributed by atoms with Crippen LogP contribution in [0, 0.1) is 11.3 Å². The lowest BCUT2D eigenvalue weighted by Crippen LogP contribution is -2.36. The molecule has 40 heavy (non-hydrogen) atoms. The number of para-hydroxylation sites is 1. The summed E-state index contributed by atoms with van der Waals surface area (Å²) in [5.74, 6) is -1.25. The molecule has 0 fully saturated rings. The molecule has 1 aromatic heterocycles. The van der Waals surface area contributed by atoms with Crippen LogP contribution in [0.4, 0.5) is 18.9 Å². The molecule has 0 saturated carbocycles. The van der Waals surface area contributed by atoms with Crippen molar-refractivity contribution in [2.24, 2.45) is 5.73 Å².